The van der Waals surface area contributed by atoms with Crippen LogP contribution in [0.15, 0.2) is 30.5 Å². The summed E-state index contributed by atoms with van der Waals surface area (Å²) < 4.78 is 1.79. The molecule has 0 saturated heterocycles. The number of nitrogens with zero attached hydrogens (tertiary/aromatic N) is 3. The molecule has 22 heavy (non-hydrogen) atoms. The quantitative estimate of drug-likeness (QED) is 0.394. The Bertz CT molecular complexity index is 595. The molecule has 7 nitrogen and oxygen atoms in total. The number of carbonyl (C=O) groups is 1. The number of nitrogens with one attached hydrogen (secondary N) is 1. The molecule has 0 saturated carbocycles. The standard InChI is InChI=1S/C15H20N4O3/c20-13-8-6-12(7-9-13)14-11-19(18-16-14)10-4-2-1-3-5-15(21)17-22/h6-9,11,20,22H,1-5,10H2,(H,17,21). The molecular weight excluding hydrogens is 284 g/mol. The van der Waals surface area contributed by atoms with Gasteiger partial charge in [0.05, 0.1) is 6.20 Å². The maximum Gasteiger partial charge on any atom is 0.243 e. The number of hydrogen-bond acceptors (Lipinski definition) is 5. The van der Waals surface area contributed by atoms with Gasteiger partial charge < -0.3 is 5.11 Å². The van der Waals surface area contributed by atoms with Gasteiger partial charge in [-0.05, 0) is 37.1 Å². The minimum atomic E-state index is -0.338. The fourth-order valence-electron chi connectivity index (χ4n) is 2.14. The average Bonchev–Trinajstić information content (AvgIpc) is 3.00. The van der Waals surface area contributed by atoms with Gasteiger partial charge >= 0.3 is 0 Å². The number of hydroxylamine groups is 1. The zero-order valence-electron chi connectivity index (χ0n) is 12.3. The molecule has 7 heteroatoms. The summed E-state index contributed by atoms with van der Waals surface area (Å²) in [5.74, 6) is -0.110. The summed E-state index contributed by atoms with van der Waals surface area (Å²) in [6.07, 6.45) is 5.89. The molecule has 0 aliphatic rings. The Labute approximate surface area is 128 Å². The van der Waals surface area contributed by atoms with Crippen molar-refractivity contribution in [2.45, 2.75) is 38.6 Å². The third-order valence-corrected chi connectivity index (χ3v) is 3.37. The van der Waals surface area contributed by atoms with Crippen molar-refractivity contribution >= 4 is 5.91 Å². The van der Waals surface area contributed by atoms with Crippen LogP contribution >= 0.6 is 0 Å². The van der Waals surface area contributed by atoms with Gasteiger partial charge in [0, 0.05) is 18.5 Å². The van der Waals surface area contributed by atoms with E-state index >= 15 is 0 Å². The number of unbranched alkanes of at least 4 members (excludes halogenated alkanes) is 3. The average molecular weight is 304 g/mol. The third-order valence-electron chi connectivity index (χ3n) is 3.37. The van der Waals surface area contributed by atoms with E-state index in [4.69, 9.17) is 5.21 Å². The number of aryl methyl sites for hydroxylation is 1. The monoisotopic (exact) mass is 304 g/mol. The molecule has 1 amide bonds. The van der Waals surface area contributed by atoms with Gasteiger partial charge in [0.25, 0.3) is 0 Å². The largest absolute Gasteiger partial charge is 0.508 e. The van der Waals surface area contributed by atoms with E-state index in [2.05, 4.69) is 10.3 Å². The highest BCUT2D eigenvalue weighted by atomic mass is 16.5. The summed E-state index contributed by atoms with van der Waals surface area (Å²) in [5.41, 5.74) is 3.32. The van der Waals surface area contributed by atoms with Crippen LogP contribution in [0.25, 0.3) is 11.3 Å². The molecule has 3 N–H and O–H groups in total. The van der Waals surface area contributed by atoms with Crippen molar-refractivity contribution in [3.63, 3.8) is 0 Å². The van der Waals surface area contributed by atoms with Crippen molar-refractivity contribution in [2.75, 3.05) is 0 Å². The fraction of sp³-hybridized carbons (Fsp3) is 0.400. The van der Waals surface area contributed by atoms with Gasteiger partial charge in [-0.3, -0.25) is 14.7 Å². The molecule has 0 unspecified atom stereocenters. The topological polar surface area (TPSA) is 100 Å². The Kier molecular flexibility index (Phi) is 5.91. The van der Waals surface area contributed by atoms with Crippen LogP contribution in [0.2, 0.25) is 0 Å². The molecule has 0 bridgehead atoms. The molecule has 0 aliphatic heterocycles. The second-order valence-electron chi connectivity index (χ2n) is 5.11. The Hall–Kier alpha value is -2.41. The highest BCUT2D eigenvalue weighted by Crippen LogP contribution is 2.19. The highest BCUT2D eigenvalue weighted by molar-refractivity contribution is 5.74. The predicted molar refractivity (Wildman–Crippen MR) is 80.1 cm³/mol. The number of aromatic nitrogens is 3. The zero-order valence-corrected chi connectivity index (χ0v) is 12.3. The van der Waals surface area contributed by atoms with E-state index in [1.807, 2.05) is 6.20 Å². The number of hydrogen-bond donors (Lipinski definition) is 3. The van der Waals surface area contributed by atoms with Crippen LogP contribution in [-0.2, 0) is 11.3 Å². The van der Waals surface area contributed by atoms with Crippen LogP contribution < -0.4 is 5.48 Å². The summed E-state index contributed by atoms with van der Waals surface area (Å²) in [7, 11) is 0. The fourth-order valence-corrected chi connectivity index (χ4v) is 2.14. The summed E-state index contributed by atoms with van der Waals surface area (Å²) in [5, 5.41) is 25.8. The number of benzene rings is 1. The van der Waals surface area contributed by atoms with Gasteiger partial charge in [-0.25, -0.2) is 5.48 Å². The van der Waals surface area contributed by atoms with Crippen molar-refractivity contribution in [3.05, 3.63) is 30.5 Å². The molecule has 1 heterocycles. The Morgan fingerprint density at radius 1 is 1.14 bits per heavy atom. The molecule has 2 rings (SSSR count). The summed E-state index contributed by atoms with van der Waals surface area (Å²) in [6, 6.07) is 6.85. The van der Waals surface area contributed by atoms with E-state index in [0.29, 0.717) is 6.42 Å². The lowest BCUT2D eigenvalue weighted by Crippen LogP contribution is -2.17. The Morgan fingerprint density at radius 2 is 1.86 bits per heavy atom. The zero-order chi connectivity index (χ0) is 15.8. The van der Waals surface area contributed by atoms with E-state index in [9.17, 15) is 9.90 Å². The molecule has 1 aromatic carbocycles. The van der Waals surface area contributed by atoms with E-state index in [1.54, 1.807) is 34.4 Å². The lowest BCUT2D eigenvalue weighted by Gasteiger charge is -2.01. The molecule has 1 aromatic heterocycles. The minimum Gasteiger partial charge on any atom is -0.508 e. The third kappa shape index (κ3) is 4.85. The number of phenols is 1. The molecule has 0 fully saturated rings. The van der Waals surface area contributed by atoms with Crippen LogP contribution in [0, 0.1) is 0 Å². The summed E-state index contributed by atoms with van der Waals surface area (Å²) in [6.45, 7) is 0.775. The molecule has 2 aromatic rings. The lowest BCUT2D eigenvalue weighted by atomic mass is 10.1. The van der Waals surface area contributed by atoms with Crippen LogP contribution in [0.3, 0.4) is 0 Å². The van der Waals surface area contributed by atoms with Crippen LogP contribution in [-0.4, -0.2) is 31.2 Å². The summed E-state index contributed by atoms with van der Waals surface area (Å²) >= 11 is 0. The molecule has 0 aliphatic carbocycles. The molecule has 118 valence electrons. The number of carbonyl (C=O) groups excluding carboxylic acids is 1. The number of rotatable bonds is 8. The van der Waals surface area contributed by atoms with Gasteiger partial charge in [-0.2, -0.15) is 0 Å². The predicted octanol–water partition coefficient (Wildman–Crippen LogP) is 2.11. The first-order valence-corrected chi connectivity index (χ1v) is 7.31. The van der Waals surface area contributed by atoms with Crippen molar-refractivity contribution in [1.82, 2.24) is 20.5 Å². The maximum atomic E-state index is 10.8. The van der Waals surface area contributed by atoms with Gasteiger partial charge in [0.1, 0.15) is 11.4 Å². The number of amides is 1. The van der Waals surface area contributed by atoms with Crippen molar-refractivity contribution < 1.29 is 15.1 Å². The van der Waals surface area contributed by atoms with Gasteiger partial charge in [0.2, 0.25) is 5.91 Å². The van der Waals surface area contributed by atoms with Crippen molar-refractivity contribution in [1.29, 1.82) is 0 Å². The van der Waals surface area contributed by atoms with Crippen molar-refractivity contribution in [2.24, 2.45) is 0 Å². The van der Waals surface area contributed by atoms with E-state index in [0.717, 1.165) is 43.5 Å². The van der Waals surface area contributed by atoms with Gasteiger partial charge in [-0.1, -0.05) is 18.1 Å². The van der Waals surface area contributed by atoms with E-state index in [-0.39, 0.29) is 11.7 Å². The molecule has 0 spiro atoms. The van der Waals surface area contributed by atoms with E-state index < -0.39 is 0 Å². The first kappa shape index (κ1) is 16.0. The van der Waals surface area contributed by atoms with Crippen molar-refractivity contribution in [3.8, 4) is 17.0 Å². The molecular formula is C15H20N4O3. The van der Waals surface area contributed by atoms with E-state index in [1.165, 1.54) is 0 Å². The smallest absolute Gasteiger partial charge is 0.243 e. The first-order chi connectivity index (χ1) is 10.7. The second kappa shape index (κ2) is 8.14. The maximum absolute atomic E-state index is 10.8. The van der Waals surface area contributed by atoms with Gasteiger partial charge in [0.15, 0.2) is 0 Å². The van der Waals surface area contributed by atoms with Gasteiger partial charge in [-0.15, -0.1) is 5.10 Å². The first-order valence-electron chi connectivity index (χ1n) is 7.31. The lowest BCUT2D eigenvalue weighted by molar-refractivity contribution is -0.129. The van der Waals surface area contributed by atoms with Crippen LogP contribution in [0.1, 0.15) is 32.1 Å². The Balaban J connectivity index is 1.71. The highest BCUT2D eigenvalue weighted by Gasteiger charge is 2.04. The second-order valence-corrected chi connectivity index (χ2v) is 5.11. The van der Waals surface area contributed by atoms with Crippen LogP contribution in [0.5, 0.6) is 5.75 Å². The number of phenolic OH excluding ortho intramolecular Hbond substituents is 1. The van der Waals surface area contributed by atoms with Crippen LogP contribution in [0.4, 0.5) is 0 Å². The summed E-state index contributed by atoms with van der Waals surface area (Å²) in [4.78, 5) is 10.8. The SMILES string of the molecule is O=C(CCCCCCn1cc(-c2ccc(O)cc2)nn1)NO. The molecule has 0 atom stereocenters. The minimum absolute atomic E-state index is 0.228. The normalized spacial score (nSPS) is 10.6. The molecule has 0 radical (unpaired) electrons. The number of aromatic hydroxyl groups is 1. The Morgan fingerprint density at radius 3 is 2.59 bits per heavy atom.